The van der Waals surface area contributed by atoms with E-state index in [4.69, 9.17) is 4.42 Å². The molecule has 2 aliphatic heterocycles. The van der Waals surface area contributed by atoms with Gasteiger partial charge in [0.1, 0.15) is 5.76 Å². The van der Waals surface area contributed by atoms with E-state index in [9.17, 15) is 18.0 Å². The van der Waals surface area contributed by atoms with Gasteiger partial charge in [0, 0.05) is 31.3 Å². The predicted molar refractivity (Wildman–Crippen MR) is 80.2 cm³/mol. The number of nitrogens with zero attached hydrogens (tertiary/aromatic N) is 3. The molecular weight excluding hydrogens is 391 g/mol. The van der Waals surface area contributed by atoms with Crippen LogP contribution in [0.4, 0.5) is 13.2 Å². The van der Waals surface area contributed by atoms with Gasteiger partial charge in [-0.3, -0.25) is 4.79 Å². The highest BCUT2D eigenvalue weighted by Gasteiger charge is 2.64. The van der Waals surface area contributed by atoms with Gasteiger partial charge >= 0.3 is 6.18 Å². The van der Waals surface area contributed by atoms with E-state index >= 15 is 0 Å². The van der Waals surface area contributed by atoms with Crippen molar-refractivity contribution < 1.29 is 22.4 Å². The molecule has 1 saturated carbocycles. The summed E-state index contributed by atoms with van der Waals surface area (Å²) in [6, 6.07) is 3.64. The largest absolute Gasteiger partial charge is 0.454 e. The van der Waals surface area contributed by atoms with E-state index in [1.54, 1.807) is 11.0 Å². The first-order valence-corrected chi connectivity index (χ1v) is 8.63. The smallest absolute Gasteiger partial charge is 0.437 e. The second-order valence-corrected chi connectivity index (χ2v) is 7.53. The van der Waals surface area contributed by atoms with Crippen LogP contribution in [-0.2, 0) is 4.79 Å². The lowest BCUT2D eigenvalue weighted by Crippen LogP contribution is -2.36. The van der Waals surface area contributed by atoms with Crippen LogP contribution in [0, 0.1) is 11.8 Å². The standard InChI is InChI=1S/C15H15BrF3N3O2/c16-12-2-1-11(24-12)9-5-10(9)13(23)22-4-3-8(7-22)6-14(20-21-14)15(17,18)19/h1-2,8-10H,3-7H2/t8?,9-,10-/m1/s1. The molecule has 3 heterocycles. The molecule has 130 valence electrons. The fourth-order valence-corrected chi connectivity index (χ4v) is 3.84. The van der Waals surface area contributed by atoms with Crippen molar-refractivity contribution in [1.29, 1.82) is 0 Å². The molecule has 1 saturated heterocycles. The van der Waals surface area contributed by atoms with Crippen molar-refractivity contribution in [3.05, 3.63) is 22.6 Å². The fraction of sp³-hybridized carbons (Fsp3) is 0.667. The van der Waals surface area contributed by atoms with Crippen LogP contribution in [0.25, 0.3) is 0 Å². The highest BCUT2D eigenvalue weighted by molar-refractivity contribution is 9.10. The minimum absolute atomic E-state index is 0.0146. The van der Waals surface area contributed by atoms with Crippen molar-refractivity contribution in [2.24, 2.45) is 22.1 Å². The average molecular weight is 406 g/mol. The van der Waals surface area contributed by atoms with E-state index in [-0.39, 0.29) is 30.1 Å². The van der Waals surface area contributed by atoms with Gasteiger partial charge in [0.2, 0.25) is 5.91 Å². The van der Waals surface area contributed by atoms with Crippen molar-refractivity contribution in [2.75, 3.05) is 13.1 Å². The molecule has 24 heavy (non-hydrogen) atoms. The molecule has 0 N–H and O–H groups in total. The number of hydrogen-bond acceptors (Lipinski definition) is 4. The molecule has 1 amide bonds. The number of rotatable bonds is 4. The van der Waals surface area contributed by atoms with Crippen LogP contribution >= 0.6 is 15.9 Å². The van der Waals surface area contributed by atoms with Crippen molar-refractivity contribution in [3.63, 3.8) is 0 Å². The maximum atomic E-state index is 12.9. The third-order valence-corrected chi connectivity index (χ3v) is 5.46. The molecule has 1 aliphatic carbocycles. The van der Waals surface area contributed by atoms with Gasteiger partial charge in [-0.25, -0.2) is 0 Å². The number of halogens is 4. The number of carbonyl (C=O) groups is 1. The van der Waals surface area contributed by atoms with Gasteiger partial charge in [0.25, 0.3) is 5.66 Å². The lowest BCUT2D eigenvalue weighted by atomic mass is 9.96. The van der Waals surface area contributed by atoms with Gasteiger partial charge < -0.3 is 9.32 Å². The van der Waals surface area contributed by atoms with Gasteiger partial charge in [0.15, 0.2) is 4.67 Å². The maximum absolute atomic E-state index is 12.9. The Kier molecular flexibility index (Phi) is 3.56. The Balaban J connectivity index is 1.32. The molecule has 1 aromatic heterocycles. The van der Waals surface area contributed by atoms with Crippen LogP contribution in [0.2, 0.25) is 0 Å². The number of alkyl halides is 3. The number of hydrogen-bond donors (Lipinski definition) is 0. The fourth-order valence-electron chi connectivity index (χ4n) is 3.52. The minimum atomic E-state index is -4.43. The summed E-state index contributed by atoms with van der Waals surface area (Å²) in [6.45, 7) is 0.856. The molecular formula is C15H15BrF3N3O2. The Labute approximate surface area is 144 Å². The second kappa shape index (κ2) is 5.31. The summed E-state index contributed by atoms with van der Waals surface area (Å²) in [6.07, 6.45) is -3.28. The van der Waals surface area contributed by atoms with Crippen LogP contribution < -0.4 is 0 Å². The number of likely N-dealkylation sites (tertiary alicyclic amines) is 1. The summed E-state index contributed by atoms with van der Waals surface area (Å²) < 4.78 is 44.8. The summed E-state index contributed by atoms with van der Waals surface area (Å²) in [5, 5.41) is 6.44. The Hall–Kier alpha value is -1.38. The molecule has 0 bridgehead atoms. The second-order valence-electron chi connectivity index (χ2n) is 6.75. The van der Waals surface area contributed by atoms with Crippen LogP contribution in [0.3, 0.4) is 0 Å². The third-order valence-electron chi connectivity index (χ3n) is 5.03. The Morgan fingerprint density at radius 1 is 1.42 bits per heavy atom. The van der Waals surface area contributed by atoms with Gasteiger partial charge in [-0.1, -0.05) is 0 Å². The van der Waals surface area contributed by atoms with E-state index in [0.29, 0.717) is 24.2 Å². The van der Waals surface area contributed by atoms with Crippen molar-refractivity contribution in [2.45, 2.75) is 37.0 Å². The van der Waals surface area contributed by atoms with Crippen LogP contribution in [0.15, 0.2) is 31.4 Å². The molecule has 0 aromatic carbocycles. The first kappa shape index (κ1) is 16.1. The van der Waals surface area contributed by atoms with E-state index in [0.717, 1.165) is 12.2 Å². The summed E-state index contributed by atoms with van der Waals surface area (Å²) in [5.41, 5.74) is -2.21. The zero-order chi connectivity index (χ0) is 17.1. The summed E-state index contributed by atoms with van der Waals surface area (Å²) in [5.74, 6) is 0.551. The zero-order valence-corrected chi connectivity index (χ0v) is 14.2. The first-order valence-electron chi connectivity index (χ1n) is 7.84. The lowest BCUT2D eigenvalue weighted by Gasteiger charge is -2.19. The molecule has 0 spiro atoms. The quantitative estimate of drug-likeness (QED) is 0.756. The van der Waals surface area contributed by atoms with Crippen molar-refractivity contribution in [3.8, 4) is 0 Å². The van der Waals surface area contributed by atoms with Gasteiger partial charge in [-0.15, -0.1) is 10.2 Å². The number of carbonyl (C=O) groups excluding carboxylic acids is 1. The summed E-state index contributed by atoms with van der Waals surface area (Å²) >= 11 is 3.24. The number of furan rings is 1. The normalized spacial score (nSPS) is 30.7. The third kappa shape index (κ3) is 2.76. The molecule has 3 aliphatic rings. The van der Waals surface area contributed by atoms with Gasteiger partial charge in [-0.05, 0) is 46.8 Å². The topological polar surface area (TPSA) is 58.2 Å². The molecule has 5 nitrogen and oxygen atoms in total. The summed E-state index contributed by atoms with van der Waals surface area (Å²) in [7, 11) is 0. The lowest BCUT2D eigenvalue weighted by molar-refractivity contribution is -0.167. The molecule has 9 heteroatoms. The van der Waals surface area contributed by atoms with Crippen LogP contribution in [0.1, 0.15) is 30.9 Å². The van der Waals surface area contributed by atoms with Gasteiger partial charge in [0.05, 0.1) is 0 Å². The number of amides is 1. The van der Waals surface area contributed by atoms with E-state index < -0.39 is 11.8 Å². The first-order chi connectivity index (χ1) is 11.3. The molecule has 4 rings (SSSR count). The molecule has 1 unspecified atom stereocenters. The van der Waals surface area contributed by atoms with Crippen LogP contribution in [-0.4, -0.2) is 35.7 Å². The molecule has 2 fully saturated rings. The van der Waals surface area contributed by atoms with E-state index in [1.165, 1.54) is 0 Å². The van der Waals surface area contributed by atoms with Gasteiger partial charge in [-0.2, -0.15) is 13.2 Å². The van der Waals surface area contributed by atoms with Crippen molar-refractivity contribution >= 4 is 21.8 Å². The Morgan fingerprint density at radius 2 is 2.17 bits per heavy atom. The van der Waals surface area contributed by atoms with E-state index in [1.807, 2.05) is 6.07 Å². The Bertz CT molecular complexity index is 696. The maximum Gasteiger partial charge on any atom is 0.437 e. The summed E-state index contributed by atoms with van der Waals surface area (Å²) in [4.78, 5) is 14.2. The highest BCUT2D eigenvalue weighted by atomic mass is 79.9. The van der Waals surface area contributed by atoms with Crippen molar-refractivity contribution in [1.82, 2.24) is 4.90 Å². The molecule has 3 atom stereocenters. The molecule has 0 radical (unpaired) electrons. The average Bonchev–Trinajstić information content (AvgIpc) is 3.38. The zero-order valence-electron chi connectivity index (χ0n) is 12.6. The van der Waals surface area contributed by atoms with Crippen LogP contribution in [0.5, 0.6) is 0 Å². The highest BCUT2D eigenvalue weighted by Crippen LogP contribution is 2.51. The monoisotopic (exact) mass is 405 g/mol. The minimum Gasteiger partial charge on any atom is -0.454 e. The SMILES string of the molecule is O=C([C@@H]1C[C@H]1c1ccc(Br)o1)N1CCC(CC2(C(F)(F)F)N=N2)C1. The van der Waals surface area contributed by atoms with E-state index in [2.05, 4.69) is 26.2 Å². The molecule has 1 aromatic rings. The predicted octanol–water partition coefficient (Wildman–Crippen LogP) is 4.11. The Morgan fingerprint density at radius 3 is 2.75 bits per heavy atom.